The van der Waals surface area contributed by atoms with Crippen LogP contribution in [0.3, 0.4) is 0 Å². The smallest absolute Gasteiger partial charge is 0.462 e. The van der Waals surface area contributed by atoms with Gasteiger partial charge in [0.1, 0.15) is 19.3 Å². The first kappa shape index (κ1) is 55.1. The highest BCUT2D eigenvalue weighted by molar-refractivity contribution is 7.47. The van der Waals surface area contributed by atoms with Crippen LogP contribution in [0.2, 0.25) is 0 Å². The summed E-state index contributed by atoms with van der Waals surface area (Å²) < 4.78 is 65.5. The van der Waals surface area contributed by atoms with E-state index >= 15 is 0 Å². The van der Waals surface area contributed by atoms with Crippen molar-refractivity contribution in [1.29, 1.82) is 0 Å². The highest BCUT2D eigenvalue weighted by atomic mass is 31.2. The number of unbranched alkanes of at least 4 members (excludes halogenated alkanes) is 13. The van der Waals surface area contributed by atoms with Crippen LogP contribution in [0.15, 0.2) is 0 Å². The minimum atomic E-state index is -4.91. The van der Waals surface area contributed by atoms with Gasteiger partial charge in [0, 0.05) is 25.7 Å². The van der Waals surface area contributed by atoms with Gasteiger partial charge in [-0.15, -0.1) is 0 Å². The van der Waals surface area contributed by atoms with Gasteiger partial charge in [0.25, 0.3) is 0 Å². The lowest BCUT2D eigenvalue weighted by Gasteiger charge is -2.21. The second-order valence-electron chi connectivity index (χ2n) is 13.4. The number of esters is 4. The highest BCUT2D eigenvalue weighted by Crippen LogP contribution is 2.45. The Kier molecular flexibility index (Phi) is 33.7. The van der Waals surface area contributed by atoms with Gasteiger partial charge in [-0.1, -0.05) is 64.2 Å². The van der Waals surface area contributed by atoms with Gasteiger partial charge in [0.15, 0.2) is 12.2 Å². The Morgan fingerprint density at radius 3 is 1.11 bits per heavy atom. The lowest BCUT2D eigenvalue weighted by molar-refractivity contribution is -0.161. The molecule has 336 valence electrons. The SMILES string of the molecule is [CH2-]CCCCCCCC(=O)O[C@H](COC(=O)CCCCC[CH2-])COP(=O)(O)OC[C@H](O)COP(=O)(O)OC[C@@H](COC(=O)CCC[CH2-])OC(=O)CCCCCC[CH2-]. The van der Waals surface area contributed by atoms with Gasteiger partial charge in [-0.3, -0.25) is 37.3 Å². The van der Waals surface area contributed by atoms with E-state index in [2.05, 4.69) is 27.7 Å². The maximum absolute atomic E-state index is 12.6. The molecule has 0 aliphatic carbocycles. The Morgan fingerprint density at radius 2 is 0.719 bits per heavy atom. The number of phosphoric acid groups is 2. The quantitative estimate of drug-likeness (QED) is 0.0184. The Bertz CT molecular complexity index is 1170. The number of hydrogen-bond donors (Lipinski definition) is 3. The first-order chi connectivity index (χ1) is 27.2. The van der Waals surface area contributed by atoms with E-state index < -0.39 is 97.5 Å². The molecule has 19 heteroatoms. The predicted octanol–water partition coefficient (Wildman–Crippen LogP) is 7.05. The minimum Gasteiger partial charge on any atom is -0.462 e. The maximum Gasteiger partial charge on any atom is 0.472 e. The Hall–Kier alpha value is -1.94. The fourth-order valence-corrected chi connectivity index (χ4v) is 6.32. The van der Waals surface area contributed by atoms with Gasteiger partial charge in [-0.2, -0.15) is 25.7 Å². The van der Waals surface area contributed by atoms with E-state index in [1.165, 1.54) is 0 Å². The highest BCUT2D eigenvalue weighted by Gasteiger charge is 2.30. The molecule has 5 atom stereocenters. The summed E-state index contributed by atoms with van der Waals surface area (Å²) >= 11 is 0. The zero-order chi connectivity index (χ0) is 42.8. The summed E-state index contributed by atoms with van der Waals surface area (Å²) in [5, 5.41) is 10.2. The van der Waals surface area contributed by atoms with Crippen LogP contribution >= 0.6 is 15.6 Å². The third-order valence-corrected chi connectivity index (χ3v) is 9.84. The Labute approximate surface area is 339 Å². The van der Waals surface area contributed by atoms with Crippen molar-refractivity contribution in [3.63, 3.8) is 0 Å². The van der Waals surface area contributed by atoms with Crippen molar-refractivity contribution in [1.82, 2.24) is 0 Å². The van der Waals surface area contributed by atoms with E-state index in [0.29, 0.717) is 32.1 Å². The molecule has 0 aliphatic heterocycles. The number of carbonyl (C=O) groups is 4. The molecule has 0 aromatic rings. The molecule has 0 bridgehead atoms. The second kappa shape index (κ2) is 34.9. The van der Waals surface area contributed by atoms with Crippen molar-refractivity contribution >= 4 is 39.5 Å². The van der Waals surface area contributed by atoms with Crippen LogP contribution in [0.5, 0.6) is 0 Å². The van der Waals surface area contributed by atoms with E-state index in [1.54, 1.807) is 0 Å². The van der Waals surface area contributed by atoms with Crippen LogP contribution < -0.4 is 0 Å². The van der Waals surface area contributed by atoms with Gasteiger partial charge < -0.3 is 61.5 Å². The van der Waals surface area contributed by atoms with Gasteiger partial charge >= 0.3 is 39.5 Å². The van der Waals surface area contributed by atoms with E-state index in [1.807, 2.05) is 0 Å². The van der Waals surface area contributed by atoms with Gasteiger partial charge in [-0.25, -0.2) is 9.13 Å². The number of aliphatic hydroxyl groups excluding tert-OH is 1. The zero-order valence-corrected chi connectivity index (χ0v) is 35.4. The first-order valence-corrected chi connectivity index (χ1v) is 22.9. The van der Waals surface area contributed by atoms with Crippen LogP contribution in [0, 0.1) is 27.7 Å². The summed E-state index contributed by atoms with van der Waals surface area (Å²) in [7, 11) is -9.82. The van der Waals surface area contributed by atoms with Crippen molar-refractivity contribution in [2.45, 2.75) is 153 Å². The van der Waals surface area contributed by atoms with Gasteiger partial charge in [0.05, 0.1) is 26.4 Å². The van der Waals surface area contributed by atoms with Crippen molar-refractivity contribution in [2.75, 3.05) is 39.6 Å². The third-order valence-electron chi connectivity index (χ3n) is 7.94. The summed E-state index contributed by atoms with van der Waals surface area (Å²) in [6.45, 7) is 10.8. The summed E-state index contributed by atoms with van der Waals surface area (Å²) in [5.74, 6) is -2.38. The summed E-state index contributed by atoms with van der Waals surface area (Å²) in [6.07, 6.45) is 9.05. The summed E-state index contributed by atoms with van der Waals surface area (Å²) in [5.41, 5.74) is 0. The number of carbonyl (C=O) groups excluding carboxylic acids is 4. The van der Waals surface area contributed by atoms with Crippen LogP contribution in [0.1, 0.15) is 135 Å². The van der Waals surface area contributed by atoms with Crippen LogP contribution in [0.4, 0.5) is 0 Å². The molecule has 17 nitrogen and oxygen atoms in total. The van der Waals surface area contributed by atoms with Crippen LogP contribution in [-0.4, -0.2) is 96.7 Å². The molecule has 0 amide bonds. The normalized spacial score (nSPS) is 15.1. The van der Waals surface area contributed by atoms with E-state index in [4.69, 9.17) is 37.0 Å². The molecule has 0 spiro atoms. The molecule has 2 unspecified atom stereocenters. The van der Waals surface area contributed by atoms with Gasteiger partial charge in [-0.05, 0) is 19.3 Å². The van der Waals surface area contributed by atoms with Crippen molar-refractivity contribution in [2.24, 2.45) is 0 Å². The molecule has 0 heterocycles. The third kappa shape index (κ3) is 34.6. The van der Waals surface area contributed by atoms with Crippen molar-refractivity contribution in [3.05, 3.63) is 27.7 Å². The largest absolute Gasteiger partial charge is 0.472 e. The predicted molar refractivity (Wildman–Crippen MR) is 210 cm³/mol. The summed E-state index contributed by atoms with van der Waals surface area (Å²) in [4.78, 5) is 69.4. The molecule has 0 radical (unpaired) electrons. The molecule has 0 aromatic heterocycles. The Balaban J connectivity index is 5.06. The molecule has 0 saturated carbocycles. The lowest BCUT2D eigenvalue weighted by Crippen LogP contribution is -2.30. The fourth-order valence-electron chi connectivity index (χ4n) is 4.74. The number of hydrogen-bond acceptors (Lipinski definition) is 15. The van der Waals surface area contributed by atoms with Gasteiger partial charge in [0.2, 0.25) is 0 Å². The molecule has 0 aliphatic rings. The van der Waals surface area contributed by atoms with E-state index in [9.17, 15) is 43.2 Å². The maximum atomic E-state index is 12.6. The molecular formula is C38H68O17P2-4. The monoisotopic (exact) mass is 858 g/mol. The molecule has 0 aromatic carbocycles. The average molecular weight is 859 g/mol. The lowest BCUT2D eigenvalue weighted by atomic mass is 10.1. The molecule has 0 saturated heterocycles. The van der Waals surface area contributed by atoms with E-state index in [-0.39, 0.29) is 25.7 Å². The molecule has 57 heavy (non-hydrogen) atoms. The fraction of sp³-hybridized carbons (Fsp3) is 0.789. The molecule has 0 rings (SSSR count). The number of rotatable bonds is 39. The van der Waals surface area contributed by atoms with Crippen molar-refractivity contribution in [3.8, 4) is 0 Å². The first-order valence-electron chi connectivity index (χ1n) is 20.0. The molecule has 0 fully saturated rings. The zero-order valence-electron chi connectivity index (χ0n) is 33.6. The molecular weight excluding hydrogens is 790 g/mol. The van der Waals surface area contributed by atoms with Crippen LogP contribution in [0.25, 0.3) is 0 Å². The van der Waals surface area contributed by atoms with E-state index in [0.717, 1.165) is 77.0 Å². The summed E-state index contributed by atoms with van der Waals surface area (Å²) in [6, 6.07) is 0. The number of aliphatic hydroxyl groups is 1. The number of phosphoric ester groups is 2. The topological polar surface area (TPSA) is 237 Å². The van der Waals surface area contributed by atoms with Crippen LogP contribution in [-0.2, 0) is 65.4 Å². The second-order valence-corrected chi connectivity index (χ2v) is 16.3. The Morgan fingerprint density at radius 1 is 0.421 bits per heavy atom. The molecule has 3 N–H and O–H groups in total. The standard InChI is InChI=1S/C38H68O17P2/c1-5-9-13-16-18-21-25-38(43)55-34(29-49-36(41)23-19-15-11-7-3)31-53-57(46,47)51-27-32(39)26-50-56(44,45)52-30-33(28-48-35(40)22-12-8-4)54-37(42)24-20-17-14-10-6-2/h32-34,39H,1-31H2,(H,44,45)(H,46,47)/q-4/t32-,33-,34-/m1/s1. The average Bonchev–Trinajstić information content (AvgIpc) is 3.17. The minimum absolute atomic E-state index is 0.0651. The number of ether oxygens (including phenoxy) is 4. The van der Waals surface area contributed by atoms with Crippen molar-refractivity contribution < 1.29 is 80.2 Å².